The van der Waals surface area contributed by atoms with E-state index in [2.05, 4.69) is 0 Å². The van der Waals surface area contributed by atoms with Crippen LogP contribution in [0.15, 0.2) is 18.2 Å². The second kappa shape index (κ2) is 5.90. The van der Waals surface area contributed by atoms with E-state index in [4.69, 9.17) is 5.73 Å². The topological polar surface area (TPSA) is 89.5 Å². The lowest BCUT2D eigenvalue weighted by Gasteiger charge is -2.31. The smallest absolute Gasteiger partial charge is 0.292 e. The summed E-state index contributed by atoms with van der Waals surface area (Å²) < 4.78 is 0. The first-order valence-electron chi connectivity index (χ1n) is 6.86. The molecule has 1 aliphatic carbocycles. The minimum absolute atomic E-state index is 0.0283. The molecule has 2 rings (SSSR count). The van der Waals surface area contributed by atoms with E-state index >= 15 is 0 Å². The normalized spacial score (nSPS) is 14.7. The van der Waals surface area contributed by atoms with E-state index in [0.29, 0.717) is 18.0 Å². The summed E-state index contributed by atoms with van der Waals surface area (Å²) in [7, 11) is 0. The van der Waals surface area contributed by atoms with Gasteiger partial charge in [0, 0.05) is 24.7 Å². The Morgan fingerprint density at radius 1 is 1.50 bits per heavy atom. The summed E-state index contributed by atoms with van der Waals surface area (Å²) in [6, 6.07) is 4.16. The number of nitrogens with zero attached hydrogens (tertiary/aromatic N) is 2. The van der Waals surface area contributed by atoms with Crippen molar-refractivity contribution in [1.29, 1.82) is 0 Å². The maximum atomic E-state index is 12.4. The number of hydrogen-bond donors (Lipinski definition) is 1. The Balaban J connectivity index is 2.14. The molecule has 1 aliphatic rings. The molecular formula is C14H19N3O3. The monoisotopic (exact) mass is 277 g/mol. The number of hydrogen-bond acceptors (Lipinski definition) is 4. The van der Waals surface area contributed by atoms with Gasteiger partial charge in [-0.2, -0.15) is 0 Å². The van der Waals surface area contributed by atoms with Crippen molar-refractivity contribution in [3.63, 3.8) is 0 Å². The highest BCUT2D eigenvalue weighted by molar-refractivity contribution is 5.95. The van der Waals surface area contributed by atoms with E-state index in [1.165, 1.54) is 37.5 Å². The first-order valence-corrected chi connectivity index (χ1v) is 6.86. The molecule has 0 atom stereocenters. The number of nitrogens with two attached hydrogens (primary N) is 1. The lowest BCUT2D eigenvalue weighted by molar-refractivity contribution is -0.383. The average molecular weight is 277 g/mol. The van der Waals surface area contributed by atoms with Gasteiger partial charge in [0.15, 0.2) is 0 Å². The van der Waals surface area contributed by atoms with E-state index in [1.54, 1.807) is 4.90 Å². The Hall–Kier alpha value is -2.11. The summed E-state index contributed by atoms with van der Waals surface area (Å²) in [5.41, 5.74) is 5.90. The predicted octanol–water partition coefficient (Wildman–Crippen LogP) is 2.44. The van der Waals surface area contributed by atoms with Crippen molar-refractivity contribution < 1.29 is 9.72 Å². The Kier molecular flexibility index (Phi) is 4.22. The molecule has 0 spiro atoms. The first kappa shape index (κ1) is 14.3. The fourth-order valence-corrected chi connectivity index (χ4v) is 2.38. The molecule has 0 radical (unpaired) electrons. The zero-order chi connectivity index (χ0) is 14.7. The van der Waals surface area contributed by atoms with Gasteiger partial charge in [0.1, 0.15) is 5.69 Å². The Morgan fingerprint density at radius 3 is 2.65 bits per heavy atom. The maximum Gasteiger partial charge on any atom is 0.292 e. The molecule has 1 aromatic rings. The van der Waals surface area contributed by atoms with E-state index in [1.807, 2.05) is 6.92 Å². The van der Waals surface area contributed by atoms with Gasteiger partial charge in [-0.3, -0.25) is 14.9 Å². The number of nitro benzene ring substituents is 1. The van der Waals surface area contributed by atoms with E-state index in [9.17, 15) is 14.9 Å². The minimum atomic E-state index is -0.546. The van der Waals surface area contributed by atoms with Gasteiger partial charge in [-0.25, -0.2) is 0 Å². The molecule has 20 heavy (non-hydrogen) atoms. The molecule has 0 bridgehead atoms. The molecule has 0 aliphatic heterocycles. The molecular weight excluding hydrogens is 258 g/mol. The zero-order valence-corrected chi connectivity index (χ0v) is 11.5. The van der Waals surface area contributed by atoms with Crippen molar-refractivity contribution in [1.82, 2.24) is 4.90 Å². The van der Waals surface area contributed by atoms with Crippen molar-refractivity contribution >= 4 is 17.3 Å². The van der Waals surface area contributed by atoms with E-state index in [-0.39, 0.29) is 17.3 Å². The van der Waals surface area contributed by atoms with Crippen LogP contribution in [-0.4, -0.2) is 28.8 Å². The number of carbonyl (C=O) groups is 1. The van der Waals surface area contributed by atoms with Gasteiger partial charge >= 0.3 is 0 Å². The summed E-state index contributed by atoms with van der Waals surface area (Å²) in [4.78, 5) is 24.3. The van der Waals surface area contributed by atoms with Gasteiger partial charge in [-0.15, -0.1) is 0 Å². The molecule has 1 amide bonds. The third kappa shape index (κ3) is 2.89. The number of amides is 1. The van der Waals surface area contributed by atoms with Crippen LogP contribution in [0.1, 0.15) is 36.5 Å². The van der Waals surface area contributed by atoms with Gasteiger partial charge in [0.05, 0.1) is 4.92 Å². The summed E-state index contributed by atoms with van der Waals surface area (Å²) in [5.74, 6) is 0.482. The summed E-state index contributed by atoms with van der Waals surface area (Å²) in [6.45, 7) is 3.32. The van der Waals surface area contributed by atoms with Crippen molar-refractivity contribution in [3.8, 4) is 0 Å². The van der Waals surface area contributed by atoms with Crippen LogP contribution >= 0.6 is 0 Å². The number of nitro groups is 1. The highest BCUT2D eigenvalue weighted by Crippen LogP contribution is 2.28. The molecule has 108 valence electrons. The third-order valence-electron chi connectivity index (χ3n) is 3.84. The van der Waals surface area contributed by atoms with Crippen LogP contribution in [0.4, 0.5) is 11.4 Å². The fourth-order valence-electron chi connectivity index (χ4n) is 2.38. The molecule has 1 aromatic carbocycles. The molecule has 6 nitrogen and oxygen atoms in total. The molecule has 2 N–H and O–H groups in total. The number of carbonyl (C=O) groups excluding carboxylic acids is 1. The van der Waals surface area contributed by atoms with Gasteiger partial charge < -0.3 is 10.6 Å². The fraction of sp³-hybridized carbons (Fsp3) is 0.500. The van der Waals surface area contributed by atoms with Crippen LogP contribution in [0.2, 0.25) is 0 Å². The Morgan fingerprint density at radius 2 is 2.20 bits per heavy atom. The quantitative estimate of drug-likeness (QED) is 0.508. The van der Waals surface area contributed by atoms with Gasteiger partial charge in [-0.05, 0) is 37.8 Å². The second-order valence-corrected chi connectivity index (χ2v) is 5.17. The third-order valence-corrected chi connectivity index (χ3v) is 3.84. The summed E-state index contributed by atoms with van der Waals surface area (Å²) in [5, 5.41) is 10.7. The maximum absolute atomic E-state index is 12.4. The standard InChI is InChI=1S/C14H19N3O3/c1-2-16(9-10-4-3-5-10)14(18)11-6-7-13(17(19)20)12(15)8-11/h6-8,10H,2-5,9,15H2,1H3. The van der Waals surface area contributed by atoms with Gasteiger partial charge in [0.25, 0.3) is 11.6 Å². The SMILES string of the molecule is CCN(CC1CCC1)C(=O)c1ccc([N+](=O)[O-])c(N)c1. The summed E-state index contributed by atoms with van der Waals surface area (Å²) >= 11 is 0. The molecule has 0 aromatic heterocycles. The molecule has 0 saturated heterocycles. The van der Waals surface area contributed by atoms with Crippen molar-refractivity contribution in [3.05, 3.63) is 33.9 Å². The second-order valence-electron chi connectivity index (χ2n) is 5.17. The minimum Gasteiger partial charge on any atom is -0.393 e. The number of anilines is 1. The molecule has 1 saturated carbocycles. The van der Waals surface area contributed by atoms with Crippen LogP contribution in [0.5, 0.6) is 0 Å². The highest BCUT2D eigenvalue weighted by Gasteiger charge is 2.24. The Bertz CT molecular complexity index is 526. The molecule has 6 heteroatoms. The van der Waals surface area contributed by atoms with Crippen LogP contribution < -0.4 is 5.73 Å². The number of rotatable bonds is 5. The number of benzene rings is 1. The van der Waals surface area contributed by atoms with E-state index < -0.39 is 4.92 Å². The van der Waals surface area contributed by atoms with Gasteiger partial charge in [-0.1, -0.05) is 6.42 Å². The average Bonchev–Trinajstić information content (AvgIpc) is 2.36. The predicted molar refractivity (Wildman–Crippen MR) is 76.4 cm³/mol. The van der Waals surface area contributed by atoms with E-state index in [0.717, 1.165) is 6.54 Å². The number of nitrogen functional groups attached to an aromatic ring is 1. The van der Waals surface area contributed by atoms with Crippen molar-refractivity contribution in [2.45, 2.75) is 26.2 Å². The Labute approximate surface area is 117 Å². The zero-order valence-electron chi connectivity index (χ0n) is 11.5. The highest BCUT2D eigenvalue weighted by atomic mass is 16.6. The van der Waals surface area contributed by atoms with Crippen LogP contribution in [0, 0.1) is 16.0 Å². The van der Waals surface area contributed by atoms with Crippen molar-refractivity contribution in [2.24, 2.45) is 5.92 Å². The molecule has 1 fully saturated rings. The summed E-state index contributed by atoms with van der Waals surface area (Å²) in [6.07, 6.45) is 3.58. The van der Waals surface area contributed by atoms with Crippen LogP contribution in [-0.2, 0) is 0 Å². The van der Waals surface area contributed by atoms with Crippen LogP contribution in [0.25, 0.3) is 0 Å². The van der Waals surface area contributed by atoms with Crippen LogP contribution in [0.3, 0.4) is 0 Å². The molecule has 0 heterocycles. The van der Waals surface area contributed by atoms with Crippen molar-refractivity contribution in [2.75, 3.05) is 18.8 Å². The lowest BCUT2D eigenvalue weighted by atomic mass is 9.85. The lowest BCUT2D eigenvalue weighted by Crippen LogP contribution is -2.37. The largest absolute Gasteiger partial charge is 0.393 e. The van der Waals surface area contributed by atoms with Gasteiger partial charge in [0.2, 0.25) is 0 Å². The molecule has 0 unspecified atom stereocenters. The first-order chi connectivity index (χ1) is 9.52.